The minimum absolute atomic E-state index is 0.0906. The topological polar surface area (TPSA) is 0 Å². The van der Waals surface area contributed by atoms with Crippen molar-refractivity contribution in [1.29, 1.82) is 0 Å². The maximum Gasteiger partial charge on any atom is 0.0939 e. The molecule has 2 rings (SSSR count). The van der Waals surface area contributed by atoms with Gasteiger partial charge in [0.1, 0.15) is 0 Å². The van der Waals surface area contributed by atoms with E-state index >= 15 is 0 Å². The van der Waals surface area contributed by atoms with Crippen LogP contribution in [0.2, 0.25) is 0 Å². The smallest absolute Gasteiger partial charge is 0.0939 e. The van der Waals surface area contributed by atoms with Gasteiger partial charge in [0, 0.05) is 18.7 Å². The van der Waals surface area contributed by atoms with Crippen molar-refractivity contribution in [1.82, 2.24) is 0 Å². The Morgan fingerprint density at radius 2 is 2.00 bits per heavy atom. The monoisotopic (exact) mass is 392 g/mol. The standard InChI is InChI=1S/C13H11Br2ClS/c1-2-9-4-6-12(17-9)13(16)10-7-8(14)3-5-11(10)15/h3-7,13H,2H2,1H3. The van der Waals surface area contributed by atoms with E-state index in [2.05, 4.69) is 57.0 Å². The molecule has 2 aromatic rings. The number of hydrogen-bond donors (Lipinski definition) is 0. The summed E-state index contributed by atoms with van der Waals surface area (Å²) in [6, 6.07) is 10.4. The van der Waals surface area contributed by atoms with Crippen LogP contribution in [-0.4, -0.2) is 0 Å². The second kappa shape index (κ2) is 5.87. The molecule has 0 spiro atoms. The van der Waals surface area contributed by atoms with E-state index in [4.69, 9.17) is 11.6 Å². The zero-order valence-corrected chi connectivity index (χ0v) is 14.0. The molecular formula is C13H11Br2ClS. The SMILES string of the molecule is CCc1ccc(C(Cl)c2cc(Br)ccc2Br)s1. The zero-order valence-electron chi connectivity index (χ0n) is 9.21. The van der Waals surface area contributed by atoms with E-state index in [0.717, 1.165) is 20.9 Å². The van der Waals surface area contributed by atoms with Gasteiger partial charge in [-0.05, 0) is 42.3 Å². The Hall–Kier alpha value is 0.170. The third-order valence-corrected chi connectivity index (χ3v) is 5.62. The highest BCUT2D eigenvalue weighted by molar-refractivity contribution is 9.11. The first-order chi connectivity index (χ1) is 8.11. The fourth-order valence-corrected chi connectivity index (χ4v) is 3.91. The highest BCUT2D eigenvalue weighted by Gasteiger charge is 2.16. The van der Waals surface area contributed by atoms with Crippen LogP contribution >= 0.6 is 54.8 Å². The van der Waals surface area contributed by atoms with Gasteiger partial charge in [-0.15, -0.1) is 22.9 Å². The van der Waals surface area contributed by atoms with Gasteiger partial charge in [-0.25, -0.2) is 0 Å². The summed E-state index contributed by atoms with van der Waals surface area (Å²) in [6.07, 6.45) is 1.06. The molecule has 4 heteroatoms. The molecule has 0 aliphatic heterocycles. The average Bonchev–Trinajstić information content (AvgIpc) is 2.80. The third kappa shape index (κ3) is 3.14. The summed E-state index contributed by atoms with van der Waals surface area (Å²) >= 11 is 15.4. The van der Waals surface area contributed by atoms with E-state index in [1.165, 1.54) is 9.75 Å². The largest absolute Gasteiger partial charge is 0.143 e. The van der Waals surface area contributed by atoms with E-state index in [-0.39, 0.29) is 5.38 Å². The van der Waals surface area contributed by atoms with Gasteiger partial charge in [0.15, 0.2) is 0 Å². The Kier molecular flexibility index (Phi) is 4.70. The van der Waals surface area contributed by atoms with Crippen LogP contribution in [-0.2, 0) is 6.42 Å². The van der Waals surface area contributed by atoms with Gasteiger partial charge >= 0.3 is 0 Å². The molecular weight excluding hydrogens is 383 g/mol. The number of aryl methyl sites for hydroxylation is 1. The predicted molar refractivity (Wildman–Crippen MR) is 83.2 cm³/mol. The Balaban J connectivity index is 2.35. The average molecular weight is 395 g/mol. The van der Waals surface area contributed by atoms with Gasteiger partial charge in [-0.3, -0.25) is 0 Å². The molecule has 1 aromatic heterocycles. The Morgan fingerprint density at radius 3 is 2.65 bits per heavy atom. The van der Waals surface area contributed by atoms with Crippen molar-refractivity contribution < 1.29 is 0 Å². The number of rotatable bonds is 3. The number of alkyl halides is 1. The summed E-state index contributed by atoms with van der Waals surface area (Å²) in [5.41, 5.74) is 1.10. The lowest BCUT2D eigenvalue weighted by Gasteiger charge is -2.10. The fraction of sp³-hybridized carbons (Fsp3) is 0.231. The molecule has 0 bridgehead atoms. The van der Waals surface area contributed by atoms with Crippen molar-refractivity contribution in [3.05, 3.63) is 54.6 Å². The van der Waals surface area contributed by atoms with Crippen molar-refractivity contribution in [2.45, 2.75) is 18.7 Å². The maximum atomic E-state index is 6.54. The predicted octanol–water partition coefficient (Wildman–Crippen LogP) is 6.16. The molecule has 1 atom stereocenters. The molecule has 0 saturated carbocycles. The summed E-state index contributed by atoms with van der Waals surface area (Å²) in [7, 11) is 0. The Morgan fingerprint density at radius 1 is 1.24 bits per heavy atom. The summed E-state index contributed by atoms with van der Waals surface area (Å²) in [4.78, 5) is 2.57. The van der Waals surface area contributed by atoms with Crippen LogP contribution in [0.25, 0.3) is 0 Å². The molecule has 1 heterocycles. The van der Waals surface area contributed by atoms with Crippen LogP contribution < -0.4 is 0 Å². The molecule has 1 aromatic carbocycles. The normalized spacial score (nSPS) is 12.7. The summed E-state index contributed by atoms with van der Waals surface area (Å²) in [5, 5.41) is -0.0906. The minimum Gasteiger partial charge on any atom is -0.143 e. The quantitative estimate of drug-likeness (QED) is 0.547. The molecule has 0 fully saturated rings. The van der Waals surface area contributed by atoms with E-state index in [1.54, 1.807) is 11.3 Å². The number of halogens is 3. The van der Waals surface area contributed by atoms with Gasteiger partial charge in [0.05, 0.1) is 5.38 Å². The molecule has 0 saturated heterocycles. The van der Waals surface area contributed by atoms with Crippen LogP contribution in [0.5, 0.6) is 0 Å². The van der Waals surface area contributed by atoms with Gasteiger partial charge in [-0.1, -0.05) is 38.8 Å². The molecule has 0 N–H and O–H groups in total. The number of hydrogen-bond acceptors (Lipinski definition) is 1. The van der Waals surface area contributed by atoms with Crippen LogP contribution in [0.15, 0.2) is 39.3 Å². The highest BCUT2D eigenvalue weighted by atomic mass is 79.9. The van der Waals surface area contributed by atoms with Crippen molar-refractivity contribution in [2.75, 3.05) is 0 Å². The van der Waals surface area contributed by atoms with Gasteiger partial charge in [0.25, 0.3) is 0 Å². The van der Waals surface area contributed by atoms with Gasteiger partial charge in [-0.2, -0.15) is 0 Å². The number of benzene rings is 1. The molecule has 0 radical (unpaired) electrons. The summed E-state index contributed by atoms with van der Waals surface area (Å²) in [6.45, 7) is 2.16. The maximum absolute atomic E-state index is 6.54. The zero-order chi connectivity index (χ0) is 12.4. The minimum atomic E-state index is -0.0906. The van der Waals surface area contributed by atoms with Crippen molar-refractivity contribution in [3.8, 4) is 0 Å². The lowest BCUT2D eigenvalue weighted by molar-refractivity contribution is 1.16. The summed E-state index contributed by atoms with van der Waals surface area (Å²) in [5.74, 6) is 0. The highest BCUT2D eigenvalue weighted by Crippen LogP contribution is 2.38. The van der Waals surface area contributed by atoms with Crippen LogP contribution in [0, 0.1) is 0 Å². The third-order valence-electron chi connectivity index (χ3n) is 2.51. The number of thiophene rings is 1. The lowest BCUT2D eigenvalue weighted by atomic mass is 10.1. The van der Waals surface area contributed by atoms with Crippen LogP contribution in [0.3, 0.4) is 0 Å². The second-order valence-corrected chi connectivity index (χ2v) is 7.09. The van der Waals surface area contributed by atoms with Crippen molar-refractivity contribution in [3.63, 3.8) is 0 Å². The van der Waals surface area contributed by atoms with Crippen molar-refractivity contribution in [2.24, 2.45) is 0 Å². The van der Waals surface area contributed by atoms with Gasteiger partial charge in [0.2, 0.25) is 0 Å². The van der Waals surface area contributed by atoms with Crippen LogP contribution in [0.1, 0.15) is 27.6 Å². The first kappa shape index (κ1) is 13.6. The first-order valence-electron chi connectivity index (χ1n) is 5.29. The molecule has 0 aliphatic carbocycles. The Bertz CT molecular complexity index is 522. The first-order valence-corrected chi connectivity index (χ1v) is 8.13. The van der Waals surface area contributed by atoms with E-state index in [1.807, 2.05) is 12.1 Å². The van der Waals surface area contributed by atoms with Crippen LogP contribution in [0.4, 0.5) is 0 Å². The summed E-state index contributed by atoms with van der Waals surface area (Å²) < 4.78 is 2.10. The van der Waals surface area contributed by atoms with Crippen molar-refractivity contribution >= 4 is 54.8 Å². The molecule has 0 amide bonds. The fourth-order valence-electron chi connectivity index (χ4n) is 1.58. The van der Waals surface area contributed by atoms with E-state index < -0.39 is 0 Å². The molecule has 90 valence electrons. The second-order valence-electron chi connectivity index (χ2n) is 3.69. The molecule has 1 unspecified atom stereocenters. The van der Waals surface area contributed by atoms with Gasteiger partial charge < -0.3 is 0 Å². The molecule has 17 heavy (non-hydrogen) atoms. The van der Waals surface area contributed by atoms with E-state index in [0.29, 0.717) is 0 Å². The Labute approximate surface area is 127 Å². The van der Waals surface area contributed by atoms with E-state index in [9.17, 15) is 0 Å². The lowest BCUT2D eigenvalue weighted by Crippen LogP contribution is -1.91. The molecule has 0 aliphatic rings. The molecule has 0 nitrogen and oxygen atoms in total.